The standard InChI is InChI=1S/C40H36O7/c1-39(2)32-20-23(38(41)46-7)8-17-28(32)35-30-21-33(44-5)34(45-6)22-31(30)37-29(36(35)39)18-19-40(47-37,24-9-13-26(42-3)14-10-24)25-11-15-27(43-4)16-12-25/h8-22H,1-7H3. The van der Waals surface area contributed by atoms with E-state index >= 15 is 0 Å². The van der Waals surface area contributed by atoms with Gasteiger partial charge in [0.1, 0.15) is 17.2 Å². The molecule has 0 amide bonds. The van der Waals surface area contributed by atoms with Crippen molar-refractivity contribution in [1.82, 2.24) is 0 Å². The van der Waals surface area contributed by atoms with Crippen LogP contribution in [0.5, 0.6) is 28.7 Å². The highest BCUT2D eigenvalue weighted by atomic mass is 16.5. The fourth-order valence-corrected chi connectivity index (χ4v) is 7.21. The topological polar surface area (TPSA) is 72.5 Å². The van der Waals surface area contributed by atoms with E-state index in [1.165, 1.54) is 7.11 Å². The molecular formula is C40H36O7. The van der Waals surface area contributed by atoms with Crippen LogP contribution < -0.4 is 23.7 Å². The Kier molecular flexibility index (Phi) is 7.16. The monoisotopic (exact) mass is 628 g/mol. The summed E-state index contributed by atoms with van der Waals surface area (Å²) in [6, 6.07) is 25.7. The molecule has 0 N–H and O–H groups in total. The number of carbonyl (C=O) groups excluding carboxylic acids is 1. The highest BCUT2D eigenvalue weighted by Crippen LogP contribution is 2.59. The molecule has 1 heterocycles. The first-order valence-corrected chi connectivity index (χ1v) is 15.4. The van der Waals surface area contributed by atoms with E-state index in [0.29, 0.717) is 17.1 Å². The molecule has 2 aliphatic rings. The molecule has 0 atom stereocenters. The normalized spacial score (nSPS) is 14.8. The van der Waals surface area contributed by atoms with Crippen molar-refractivity contribution in [2.24, 2.45) is 0 Å². The number of ether oxygens (including phenoxy) is 6. The van der Waals surface area contributed by atoms with Gasteiger partial charge >= 0.3 is 5.97 Å². The Hall–Kier alpha value is -5.43. The van der Waals surface area contributed by atoms with Crippen LogP contribution in [0.2, 0.25) is 0 Å². The molecular weight excluding hydrogens is 592 g/mol. The smallest absolute Gasteiger partial charge is 0.337 e. The summed E-state index contributed by atoms with van der Waals surface area (Å²) in [7, 11) is 7.99. The molecule has 1 aliphatic heterocycles. The minimum atomic E-state index is -0.979. The zero-order valence-electron chi connectivity index (χ0n) is 27.5. The fourth-order valence-electron chi connectivity index (χ4n) is 7.21. The lowest BCUT2D eigenvalue weighted by atomic mass is 9.76. The largest absolute Gasteiger partial charge is 0.497 e. The van der Waals surface area contributed by atoms with Crippen molar-refractivity contribution in [3.05, 3.63) is 118 Å². The van der Waals surface area contributed by atoms with Gasteiger partial charge < -0.3 is 28.4 Å². The van der Waals surface area contributed by atoms with Crippen LogP contribution in [0.4, 0.5) is 0 Å². The Morgan fingerprint density at radius 3 is 1.79 bits per heavy atom. The third kappa shape index (κ3) is 4.44. The molecule has 0 aromatic heterocycles. The maximum Gasteiger partial charge on any atom is 0.337 e. The summed E-state index contributed by atoms with van der Waals surface area (Å²) in [4.78, 5) is 12.6. The number of hydrogen-bond donors (Lipinski definition) is 0. The minimum absolute atomic E-state index is 0.371. The highest BCUT2D eigenvalue weighted by molar-refractivity contribution is 6.10. The van der Waals surface area contributed by atoms with Crippen LogP contribution in [0.1, 0.15) is 52.0 Å². The molecule has 5 aromatic rings. The van der Waals surface area contributed by atoms with Gasteiger partial charge in [-0.05, 0) is 82.2 Å². The van der Waals surface area contributed by atoms with Gasteiger partial charge in [0.05, 0.1) is 41.1 Å². The second-order valence-electron chi connectivity index (χ2n) is 12.3. The zero-order valence-corrected chi connectivity index (χ0v) is 27.5. The van der Waals surface area contributed by atoms with Gasteiger partial charge in [-0.15, -0.1) is 0 Å². The zero-order chi connectivity index (χ0) is 33.1. The predicted molar refractivity (Wildman–Crippen MR) is 182 cm³/mol. The molecule has 7 heteroatoms. The van der Waals surface area contributed by atoms with E-state index in [0.717, 1.165) is 67.0 Å². The summed E-state index contributed by atoms with van der Waals surface area (Å²) in [6.07, 6.45) is 4.31. The van der Waals surface area contributed by atoms with Gasteiger partial charge in [-0.25, -0.2) is 4.79 Å². The van der Waals surface area contributed by atoms with Crippen LogP contribution in [0.25, 0.3) is 28.0 Å². The lowest BCUT2D eigenvalue weighted by Crippen LogP contribution is -2.35. The molecule has 0 saturated carbocycles. The molecule has 0 fully saturated rings. The first-order chi connectivity index (χ1) is 22.7. The van der Waals surface area contributed by atoms with E-state index in [1.54, 1.807) is 28.4 Å². The van der Waals surface area contributed by atoms with E-state index in [-0.39, 0.29) is 5.97 Å². The lowest BCUT2D eigenvalue weighted by Gasteiger charge is -2.38. The average molecular weight is 629 g/mol. The summed E-state index contributed by atoms with van der Waals surface area (Å²) < 4.78 is 35.1. The van der Waals surface area contributed by atoms with Crippen LogP contribution in [-0.2, 0) is 15.8 Å². The summed E-state index contributed by atoms with van der Waals surface area (Å²) >= 11 is 0. The van der Waals surface area contributed by atoms with Gasteiger partial charge in [-0.2, -0.15) is 0 Å². The predicted octanol–water partition coefficient (Wildman–Crippen LogP) is 8.32. The molecule has 0 spiro atoms. The minimum Gasteiger partial charge on any atom is -0.497 e. The molecule has 0 bridgehead atoms. The van der Waals surface area contributed by atoms with E-state index in [1.807, 2.05) is 78.9 Å². The Labute approximate surface area is 274 Å². The van der Waals surface area contributed by atoms with Crippen LogP contribution in [0.3, 0.4) is 0 Å². The third-order valence-corrected chi connectivity index (χ3v) is 9.60. The van der Waals surface area contributed by atoms with Crippen molar-refractivity contribution in [3.8, 4) is 39.9 Å². The van der Waals surface area contributed by atoms with Gasteiger partial charge in [0.15, 0.2) is 17.1 Å². The van der Waals surface area contributed by atoms with Gasteiger partial charge in [-0.3, -0.25) is 0 Å². The van der Waals surface area contributed by atoms with Gasteiger partial charge in [0.2, 0.25) is 0 Å². The SMILES string of the molecule is COC(=O)c1ccc2c(c1)C(C)(C)c1c3c(c4cc(OC)c(OC)cc4c1-2)OC(c1ccc(OC)cc1)(c1ccc(OC)cc1)C=C3. The van der Waals surface area contributed by atoms with Crippen LogP contribution in [0.15, 0.2) is 84.9 Å². The number of benzene rings is 5. The molecule has 0 unspecified atom stereocenters. The van der Waals surface area contributed by atoms with Crippen molar-refractivity contribution in [2.45, 2.75) is 24.9 Å². The van der Waals surface area contributed by atoms with Gasteiger partial charge in [-0.1, -0.05) is 50.3 Å². The maximum atomic E-state index is 12.6. The first kappa shape index (κ1) is 30.2. The van der Waals surface area contributed by atoms with E-state index in [2.05, 4.69) is 26.0 Å². The molecule has 47 heavy (non-hydrogen) atoms. The number of rotatable bonds is 7. The first-order valence-electron chi connectivity index (χ1n) is 15.4. The summed E-state index contributed by atoms with van der Waals surface area (Å²) in [5.41, 5.74) is 6.16. The number of carbonyl (C=O) groups is 1. The number of hydrogen-bond acceptors (Lipinski definition) is 7. The molecule has 238 valence electrons. The lowest BCUT2D eigenvalue weighted by molar-refractivity contribution is 0.0600. The van der Waals surface area contributed by atoms with Gasteiger partial charge in [0, 0.05) is 27.5 Å². The second kappa shape index (κ2) is 11.1. The van der Waals surface area contributed by atoms with E-state index in [4.69, 9.17) is 28.4 Å². The quantitative estimate of drug-likeness (QED) is 0.168. The summed E-state index contributed by atoms with van der Waals surface area (Å²) in [5.74, 6) is 3.07. The molecule has 7 nitrogen and oxygen atoms in total. The molecule has 0 radical (unpaired) electrons. The second-order valence-corrected chi connectivity index (χ2v) is 12.3. The Bertz CT molecular complexity index is 2020. The third-order valence-electron chi connectivity index (χ3n) is 9.60. The number of esters is 1. The van der Waals surface area contributed by atoms with Crippen molar-refractivity contribution in [2.75, 3.05) is 35.5 Å². The molecule has 5 aromatic carbocycles. The fraction of sp³-hybridized carbons (Fsp3) is 0.225. The summed E-state index contributed by atoms with van der Waals surface area (Å²) in [5, 5.41) is 1.84. The maximum absolute atomic E-state index is 12.6. The Balaban J connectivity index is 1.55. The van der Waals surface area contributed by atoms with Crippen molar-refractivity contribution < 1.29 is 33.2 Å². The Morgan fingerprint density at radius 2 is 1.26 bits per heavy atom. The Morgan fingerprint density at radius 1 is 0.681 bits per heavy atom. The summed E-state index contributed by atoms with van der Waals surface area (Å²) in [6.45, 7) is 4.38. The molecule has 1 aliphatic carbocycles. The number of fused-ring (bicyclic) bond motifs is 8. The van der Waals surface area contributed by atoms with Crippen LogP contribution in [0, 0.1) is 0 Å². The molecule has 0 saturated heterocycles. The highest BCUT2D eigenvalue weighted by Gasteiger charge is 2.45. The van der Waals surface area contributed by atoms with Gasteiger partial charge in [0.25, 0.3) is 0 Å². The van der Waals surface area contributed by atoms with Crippen molar-refractivity contribution in [1.29, 1.82) is 0 Å². The number of methoxy groups -OCH3 is 5. The average Bonchev–Trinajstić information content (AvgIpc) is 3.36. The van der Waals surface area contributed by atoms with Crippen molar-refractivity contribution >= 4 is 22.8 Å². The van der Waals surface area contributed by atoms with E-state index in [9.17, 15) is 4.79 Å². The van der Waals surface area contributed by atoms with Crippen molar-refractivity contribution in [3.63, 3.8) is 0 Å². The van der Waals surface area contributed by atoms with Crippen LogP contribution in [-0.4, -0.2) is 41.5 Å². The van der Waals surface area contributed by atoms with E-state index < -0.39 is 11.0 Å². The van der Waals surface area contributed by atoms with Crippen LogP contribution >= 0.6 is 0 Å². The molecule has 7 rings (SSSR count).